The molecule has 0 saturated carbocycles. The number of rotatable bonds is 7. The number of fused-ring (bicyclic) bond motifs is 2. The van der Waals surface area contributed by atoms with E-state index in [1.807, 2.05) is 65.2 Å². The highest BCUT2D eigenvalue weighted by atomic mass is 16.2. The van der Waals surface area contributed by atoms with Crippen molar-refractivity contribution in [2.75, 3.05) is 13.1 Å². The van der Waals surface area contributed by atoms with Gasteiger partial charge in [0.05, 0.1) is 0 Å². The molecular weight excluding hydrogens is 366 g/mol. The second-order valence-electron chi connectivity index (χ2n) is 6.71. The summed E-state index contributed by atoms with van der Waals surface area (Å²) in [5.74, 6) is 0.502. The number of benzene rings is 2. The topological polar surface area (TPSA) is 88.4 Å². The van der Waals surface area contributed by atoms with E-state index in [1.165, 1.54) is 0 Å². The summed E-state index contributed by atoms with van der Waals surface area (Å²) in [7, 11) is 0. The van der Waals surface area contributed by atoms with Crippen molar-refractivity contribution in [3.63, 3.8) is 0 Å². The molecular formula is C22H21N5O2. The van der Waals surface area contributed by atoms with Gasteiger partial charge in [0.25, 0.3) is 5.91 Å². The van der Waals surface area contributed by atoms with Crippen molar-refractivity contribution >= 4 is 28.2 Å². The smallest absolute Gasteiger partial charge is 0.251 e. The first-order valence-electron chi connectivity index (χ1n) is 9.53. The Kier molecular flexibility index (Phi) is 5.47. The Morgan fingerprint density at radius 3 is 2.59 bits per heavy atom. The van der Waals surface area contributed by atoms with Crippen molar-refractivity contribution in [2.24, 2.45) is 0 Å². The fourth-order valence-electron chi connectivity index (χ4n) is 3.19. The van der Waals surface area contributed by atoms with Crippen molar-refractivity contribution in [1.29, 1.82) is 0 Å². The average Bonchev–Trinajstić information content (AvgIpc) is 3.16. The summed E-state index contributed by atoms with van der Waals surface area (Å²) in [6.07, 6.45) is 2.70. The third kappa shape index (κ3) is 4.40. The van der Waals surface area contributed by atoms with Crippen LogP contribution in [-0.2, 0) is 11.2 Å². The number of carbonyl (C=O) groups excluding carboxylic acids is 2. The lowest BCUT2D eigenvalue weighted by Gasteiger charge is -2.07. The van der Waals surface area contributed by atoms with Crippen LogP contribution in [-0.4, -0.2) is 39.5 Å². The van der Waals surface area contributed by atoms with Gasteiger partial charge in [-0.2, -0.15) is 0 Å². The molecule has 2 heterocycles. The van der Waals surface area contributed by atoms with Crippen LogP contribution in [0.3, 0.4) is 0 Å². The van der Waals surface area contributed by atoms with Gasteiger partial charge in [-0.25, -0.2) is 0 Å². The molecule has 4 rings (SSSR count). The van der Waals surface area contributed by atoms with Crippen LogP contribution in [0.2, 0.25) is 0 Å². The highest BCUT2D eigenvalue weighted by Crippen LogP contribution is 2.15. The Bertz CT molecular complexity index is 1170. The van der Waals surface area contributed by atoms with Crippen LogP contribution in [0.1, 0.15) is 22.6 Å². The molecule has 0 aliphatic rings. The summed E-state index contributed by atoms with van der Waals surface area (Å²) in [6.45, 7) is 0.749. The van der Waals surface area contributed by atoms with Gasteiger partial charge in [-0.05, 0) is 35.0 Å². The minimum Gasteiger partial charge on any atom is -0.356 e. The molecule has 0 aliphatic carbocycles. The molecule has 0 spiro atoms. The maximum Gasteiger partial charge on any atom is 0.251 e. The summed E-state index contributed by atoms with van der Waals surface area (Å²) in [4.78, 5) is 24.3. The molecule has 146 valence electrons. The van der Waals surface area contributed by atoms with Crippen LogP contribution < -0.4 is 10.6 Å². The molecule has 2 aromatic heterocycles. The predicted octanol–water partition coefficient (Wildman–Crippen LogP) is 2.36. The molecule has 2 aromatic carbocycles. The second-order valence-corrected chi connectivity index (χ2v) is 6.71. The molecule has 0 radical (unpaired) electrons. The zero-order valence-corrected chi connectivity index (χ0v) is 15.8. The van der Waals surface area contributed by atoms with Gasteiger partial charge in [0.15, 0.2) is 5.65 Å². The number of nitrogens with zero attached hydrogens (tertiary/aromatic N) is 3. The Labute approximate surface area is 167 Å². The van der Waals surface area contributed by atoms with Crippen molar-refractivity contribution in [2.45, 2.75) is 12.8 Å². The molecule has 29 heavy (non-hydrogen) atoms. The lowest BCUT2D eigenvalue weighted by atomic mass is 10.1. The first kappa shape index (κ1) is 18.6. The van der Waals surface area contributed by atoms with Gasteiger partial charge in [0.1, 0.15) is 5.82 Å². The van der Waals surface area contributed by atoms with E-state index in [-0.39, 0.29) is 24.8 Å². The molecule has 2 N–H and O–H groups in total. The van der Waals surface area contributed by atoms with Crippen LogP contribution in [0.15, 0.2) is 66.9 Å². The summed E-state index contributed by atoms with van der Waals surface area (Å²) in [6, 6.07) is 19.1. The Morgan fingerprint density at radius 2 is 1.69 bits per heavy atom. The standard InChI is InChI=1S/C22H21N5O2/c28-21(23-12-10-20-26-25-19-7-3-4-14-27(19)20)11-13-24-22(29)18-9-8-16-5-1-2-6-17(16)15-18/h1-9,14-15H,10-13H2,(H,23,28)(H,24,29). The maximum atomic E-state index is 12.3. The monoisotopic (exact) mass is 387 g/mol. The Hall–Kier alpha value is -3.74. The summed E-state index contributed by atoms with van der Waals surface area (Å²) < 4.78 is 1.90. The van der Waals surface area contributed by atoms with Crippen molar-refractivity contribution < 1.29 is 9.59 Å². The van der Waals surface area contributed by atoms with Crippen molar-refractivity contribution in [3.8, 4) is 0 Å². The van der Waals surface area contributed by atoms with Gasteiger partial charge in [-0.15, -0.1) is 10.2 Å². The van der Waals surface area contributed by atoms with Crippen molar-refractivity contribution in [3.05, 3.63) is 78.2 Å². The van der Waals surface area contributed by atoms with Gasteiger partial charge in [0, 0.05) is 37.7 Å². The van der Waals surface area contributed by atoms with E-state index >= 15 is 0 Å². The zero-order chi connectivity index (χ0) is 20.1. The zero-order valence-electron chi connectivity index (χ0n) is 15.8. The predicted molar refractivity (Wildman–Crippen MR) is 111 cm³/mol. The number of carbonyl (C=O) groups is 2. The average molecular weight is 387 g/mol. The summed E-state index contributed by atoms with van der Waals surface area (Å²) >= 11 is 0. The maximum absolute atomic E-state index is 12.3. The molecule has 4 aromatic rings. The van der Waals surface area contributed by atoms with Crippen LogP contribution in [0.4, 0.5) is 0 Å². The van der Waals surface area contributed by atoms with Crippen LogP contribution in [0, 0.1) is 0 Å². The van der Waals surface area contributed by atoms with Crippen molar-refractivity contribution in [1.82, 2.24) is 25.2 Å². The van der Waals surface area contributed by atoms with Gasteiger partial charge >= 0.3 is 0 Å². The summed E-state index contributed by atoms with van der Waals surface area (Å²) in [5.41, 5.74) is 1.37. The normalized spacial score (nSPS) is 10.9. The van der Waals surface area contributed by atoms with Crippen LogP contribution >= 0.6 is 0 Å². The Balaban J connectivity index is 1.21. The Morgan fingerprint density at radius 1 is 0.862 bits per heavy atom. The van der Waals surface area contributed by atoms with E-state index in [1.54, 1.807) is 6.07 Å². The summed E-state index contributed by atoms with van der Waals surface area (Å²) in [5, 5.41) is 16.0. The molecule has 0 atom stereocenters. The quantitative estimate of drug-likeness (QED) is 0.510. The number of aromatic nitrogens is 3. The van der Waals surface area contributed by atoms with Gasteiger partial charge in [-0.3, -0.25) is 14.0 Å². The lowest BCUT2D eigenvalue weighted by Crippen LogP contribution is -2.31. The fourth-order valence-corrected chi connectivity index (χ4v) is 3.19. The van der Waals surface area contributed by atoms with Gasteiger partial charge in [-0.1, -0.05) is 36.4 Å². The number of hydrogen-bond donors (Lipinski definition) is 2. The number of pyridine rings is 1. The SMILES string of the molecule is O=C(CCNC(=O)c1ccc2ccccc2c1)NCCc1nnc2ccccn12. The van der Waals surface area contributed by atoms with E-state index in [9.17, 15) is 9.59 Å². The van der Waals surface area contributed by atoms with Gasteiger partial charge < -0.3 is 10.6 Å². The molecule has 0 aliphatic heterocycles. The number of amides is 2. The number of nitrogens with one attached hydrogen (secondary N) is 2. The number of hydrogen-bond acceptors (Lipinski definition) is 4. The molecule has 0 saturated heterocycles. The molecule has 7 nitrogen and oxygen atoms in total. The van der Waals surface area contributed by atoms with E-state index in [0.717, 1.165) is 22.2 Å². The van der Waals surface area contributed by atoms with Gasteiger partial charge in [0.2, 0.25) is 5.91 Å². The van der Waals surface area contributed by atoms with E-state index in [2.05, 4.69) is 20.8 Å². The molecule has 0 bridgehead atoms. The van der Waals surface area contributed by atoms with Crippen LogP contribution in [0.5, 0.6) is 0 Å². The first-order valence-corrected chi connectivity index (χ1v) is 9.53. The van der Waals surface area contributed by atoms with E-state index in [4.69, 9.17) is 0 Å². The third-order valence-electron chi connectivity index (χ3n) is 4.70. The second kappa shape index (κ2) is 8.52. The minimum absolute atomic E-state index is 0.113. The highest BCUT2D eigenvalue weighted by molar-refractivity contribution is 5.98. The molecule has 0 fully saturated rings. The third-order valence-corrected chi connectivity index (χ3v) is 4.70. The highest BCUT2D eigenvalue weighted by Gasteiger charge is 2.08. The molecule has 0 unspecified atom stereocenters. The fraction of sp³-hybridized carbons (Fsp3) is 0.182. The lowest BCUT2D eigenvalue weighted by molar-refractivity contribution is -0.120. The van der Waals surface area contributed by atoms with E-state index in [0.29, 0.717) is 18.5 Å². The van der Waals surface area contributed by atoms with E-state index < -0.39 is 0 Å². The molecule has 7 heteroatoms. The van der Waals surface area contributed by atoms with Crippen LogP contribution in [0.25, 0.3) is 16.4 Å². The first-order chi connectivity index (χ1) is 14.2. The largest absolute Gasteiger partial charge is 0.356 e. The minimum atomic E-state index is -0.182. The molecule has 2 amide bonds.